The smallest absolute Gasteiger partial charge is 0.200 e. The molecule has 1 aliphatic rings. The summed E-state index contributed by atoms with van der Waals surface area (Å²) in [6, 6.07) is 2.54. The fourth-order valence-electron chi connectivity index (χ4n) is 1.71. The van der Waals surface area contributed by atoms with Crippen molar-refractivity contribution < 1.29 is 13.5 Å². The maximum Gasteiger partial charge on any atom is 0.200 e. The maximum atomic E-state index is 13.4. The average Bonchev–Trinajstić information content (AvgIpc) is 2.18. The van der Waals surface area contributed by atoms with Gasteiger partial charge in [0.2, 0.25) is 5.82 Å². The highest BCUT2D eigenvalue weighted by atomic mass is 35.5. The maximum absolute atomic E-state index is 13.4. The van der Waals surface area contributed by atoms with Crippen LogP contribution in [0, 0.1) is 11.6 Å². The molecule has 0 radical (unpaired) electrons. The van der Waals surface area contributed by atoms with E-state index in [1.807, 2.05) is 0 Å². The zero-order chi connectivity index (χ0) is 11.1. The molecule has 0 amide bonds. The number of hydrogen-bond acceptors (Lipinski definition) is 3. The van der Waals surface area contributed by atoms with Crippen LogP contribution >= 0.6 is 12.4 Å². The lowest BCUT2D eigenvalue weighted by atomic mass is 9.84. The van der Waals surface area contributed by atoms with Crippen LogP contribution in [0.1, 0.15) is 5.56 Å². The standard InChI is InChI=1S/C10H12F2N2O.ClH/c1-15-9-6(10(13)4-14-5-10)2-3-7(11)8(9)12;/h2-3,14H,4-5,13H2,1H3;1H. The molecule has 1 aromatic carbocycles. The SMILES string of the molecule is COc1c(C2(N)CNC2)ccc(F)c1F.Cl. The fourth-order valence-corrected chi connectivity index (χ4v) is 1.71. The molecule has 1 aliphatic heterocycles. The van der Waals surface area contributed by atoms with E-state index in [4.69, 9.17) is 10.5 Å². The van der Waals surface area contributed by atoms with Crippen LogP contribution in [0.4, 0.5) is 8.78 Å². The van der Waals surface area contributed by atoms with Gasteiger partial charge < -0.3 is 15.8 Å². The van der Waals surface area contributed by atoms with Crippen molar-refractivity contribution in [3.05, 3.63) is 29.3 Å². The van der Waals surface area contributed by atoms with Crippen molar-refractivity contribution in [3.63, 3.8) is 0 Å². The van der Waals surface area contributed by atoms with Gasteiger partial charge in [-0.1, -0.05) is 6.07 Å². The van der Waals surface area contributed by atoms with Gasteiger partial charge >= 0.3 is 0 Å². The molecule has 0 aliphatic carbocycles. The predicted molar refractivity (Wildman–Crippen MR) is 58.9 cm³/mol. The van der Waals surface area contributed by atoms with Gasteiger partial charge in [0.05, 0.1) is 12.6 Å². The summed E-state index contributed by atoms with van der Waals surface area (Å²) >= 11 is 0. The van der Waals surface area contributed by atoms with E-state index in [1.54, 1.807) is 0 Å². The number of hydrogen-bond donors (Lipinski definition) is 2. The molecule has 90 valence electrons. The van der Waals surface area contributed by atoms with Gasteiger partial charge in [0, 0.05) is 18.7 Å². The quantitative estimate of drug-likeness (QED) is 0.828. The van der Waals surface area contributed by atoms with Crippen LogP contribution in [0.3, 0.4) is 0 Å². The van der Waals surface area contributed by atoms with Crippen LogP contribution in [-0.4, -0.2) is 20.2 Å². The lowest BCUT2D eigenvalue weighted by Gasteiger charge is -2.40. The number of rotatable bonds is 2. The molecule has 0 saturated carbocycles. The molecule has 0 atom stereocenters. The van der Waals surface area contributed by atoms with Crippen LogP contribution in [-0.2, 0) is 5.54 Å². The largest absolute Gasteiger partial charge is 0.493 e. The van der Waals surface area contributed by atoms with Crippen molar-refractivity contribution in [3.8, 4) is 5.75 Å². The minimum absolute atomic E-state index is 0. The number of methoxy groups -OCH3 is 1. The zero-order valence-corrected chi connectivity index (χ0v) is 9.54. The molecule has 3 N–H and O–H groups in total. The van der Waals surface area contributed by atoms with Gasteiger partial charge in [-0.3, -0.25) is 0 Å². The number of nitrogens with one attached hydrogen (secondary N) is 1. The van der Waals surface area contributed by atoms with E-state index in [1.165, 1.54) is 13.2 Å². The van der Waals surface area contributed by atoms with Crippen molar-refractivity contribution in [1.29, 1.82) is 0 Å². The topological polar surface area (TPSA) is 47.3 Å². The van der Waals surface area contributed by atoms with Crippen LogP contribution < -0.4 is 15.8 Å². The second-order valence-corrected chi connectivity index (χ2v) is 3.70. The second kappa shape index (κ2) is 4.53. The molecule has 3 nitrogen and oxygen atoms in total. The van der Waals surface area contributed by atoms with Gasteiger partial charge in [-0.2, -0.15) is 4.39 Å². The van der Waals surface area contributed by atoms with Gasteiger partial charge in [0.15, 0.2) is 11.6 Å². The molecular weight excluding hydrogens is 238 g/mol. The van der Waals surface area contributed by atoms with Crippen LogP contribution in [0.5, 0.6) is 5.75 Å². The van der Waals surface area contributed by atoms with Crippen LogP contribution in [0.2, 0.25) is 0 Å². The van der Waals surface area contributed by atoms with Gasteiger partial charge in [0.1, 0.15) is 0 Å². The Hall–Kier alpha value is -0.910. The summed E-state index contributed by atoms with van der Waals surface area (Å²) in [7, 11) is 1.30. The molecule has 2 rings (SSSR count). The lowest BCUT2D eigenvalue weighted by Crippen LogP contribution is -2.62. The van der Waals surface area contributed by atoms with E-state index < -0.39 is 17.2 Å². The summed E-state index contributed by atoms with van der Waals surface area (Å²) in [4.78, 5) is 0. The number of nitrogens with two attached hydrogens (primary N) is 1. The van der Waals surface area contributed by atoms with Gasteiger partial charge in [-0.15, -0.1) is 12.4 Å². The highest BCUT2D eigenvalue weighted by molar-refractivity contribution is 5.85. The Balaban J connectivity index is 0.00000128. The van der Waals surface area contributed by atoms with Gasteiger partial charge in [-0.25, -0.2) is 4.39 Å². The van der Waals surface area contributed by atoms with Crippen molar-refractivity contribution in [1.82, 2.24) is 5.32 Å². The Morgan fingerprint density at radius 1 is 1.38 bits per heavy atom. The van der Waals surface area contributed by atoms with E-state index in [-0.39, 0.29) is 18.2 Å². The third kappa shape index (κ3) is 1.86. The molecular formula is C10H13ClF2N2O. The highest BCUT2D eigenvalue weighted by Crippen LogP contribution is 2.33. The monoisotopic (exact) mass is 250 g/mol. The lowest BCUT2D eigenvalue weighted by molar-refractivity contribution is 0.268. The van der Waals surface area contributed by atoms with Crippen molar-refractivity contribution in [2.45, 2.75) is 5.54 Å². The molecule has 16 heavy (non-hydrogen) atoms. The Morgan fingerprint density at radius 2 is 2.00 bits per heavy atom. The molecule has 1 saturated heterocycles. The minimum atomic E-state index is -0.980. The number of benzene rings is 1. The molecule has 0 aromatic heterocycles. The van der Waals surface area contributed by atoms with Crippen molar-refractivity contribution in [2.75, 3.05) is 20.2 Å². The highest BCUT2D eigenvalue weighted by Gasteiger charge is 2.38. The molecule has 0 bridgehead atoms. The second-order valence-electron chi connectivity index (χ2n) is 3.70. The third-order valence-corrected chi connectivity index (χ3v) is 2.67. The van der Waals surface area contributed by atoms with E-state index in [2.05, 4.69) is 5.32 Å². The van der Waals surface area contributed by atoms with Gasteiger partial charge in [0.25, 0.3) is 0 Å². The zero-order valence-electron chi connectivity index (χ0n) is 8.72. The Kier molecular flexibility index (Phi) is 3.72. The molecule has 1 fully saturated rings. The summed E-state index contributed by atoms with van der Waals surface area (Å²) in [5.74, 6) is -2.00. The van der Waals surface area contributed by atoms with E-state index in [0.29, 0.717) is 18.7 Å². The number of halogens is 3. The third-order valence-electron chi connectivity index (χ3n) is 2.67. The number of ether oxygens (including phenoxy) is 1. The molecule has 6 heteroatoms. The van der Waals surface area contributed by atoms with Gasteiger partial charge in [-0.05, 0) is 6.07 Å². The Morgan fingerprint density at radius 3 is 2.44 bits per heavy atom. The van der Waals surface area contributed by atoms with E-state index >= 15 is 0 Å². The summed E-state index contributed by atoms with van der Waals surface area (Å²) in [6.07, 6.45) is 0. The van der Waals surface area contributed by atoms with E-state index in [0.717, 1.165) is 6.07 Å². The van der Waals surface area contributed by atoms with Crippen molar-refractivity contribution in [2.24, 2.45) is 5.73 Å². The first-order valence-electron chi connectivity index (χ1n) is 4.60. The average molecular weight is 251 g/mol. The Labute approximate surface area is 98.4 Å². The summed E-state index contributed by atoms with van der Waals surface area (Å²) in [5, 5.41) is 2.99. The summed E-state index contributed by atoms with van der Waals surface area (Å²) < 4.78 is 31.2. The summed E-state index contributed by atoms with van der Waals surface area (Å²) in [6.45, 7) is 1.07. The normalized spacial score (nSPS) is 17.2. The first kappa shape index (κ1) is 13.2. The molecule has 1 aromatic rings. The van der Waals surface area contributed by atoms with E-state index in [9.17, 15) is 8.78 Å². The van der Waals surface area contributed by atoms with Crippen LogP contribution in [0.15, 0.2) is 12.1 Å². The van der Waals surface area contributed by atoms with Crippen LogP contribution in [0.25, 0.3) is 0 Å². The van der Waals surface area contributed by atoms with Crippen molar-refractivity contribution >= 4 is 12.4 Å². The predicted octanol–water partition coefficient (Wildman–Crippen LogP) is 1.15. The molecule has 0 unspecified atom stereocenters. The summed E-state index contributed by atoms with van der Waals surface area (Å²) in [5.41, 5.74) is 5.84. The molecule has 0 spiro atoms. The fraction of sp³-hybridized carbons (Fsp3) is 0.400. The first-order valence-corrected chi connectivity index (χ1v) is 4.60. The first-order chi connectivity index (χ1) is 7.08. The Bertz CT molecular complexity index is 397. The molecule has 1 heterocycles. The minimum Gasteiger partial charge on any atom is -0.493 e.